The number of rotatable bonds is 7. The first-order valence-corrected chi connectivity index (χ1v) is 17.4. The highest BCUT2D eigenvalue weighted by Crippen LogP contribution is 2.42. The maximum atomic E-state index is 4.46. The summed E-state index contributed by atoms with van der Waals surface area (Å²) in [7, 11) is 0. The van der Waals surface area contributed by atoms with E-state index in [9.17, 15) is 0 Å². The van der Waals surface area contributed by atoms with Crippen LogP contribution in [0.5, 0.6) is 0 Å². The Morgan fingerprint density at radius 3 is 1.68 bits per heavy atom. The van der Waals surface area contributed by atoms with Crippen molar-refractivity contribution in [2.45, 2.75) is 0 Å². The van der Waals surface area contributed by atoms with Crippen LogP contribution in [0.4, 0.5) is 17.1 Å². The van der Waals surface area contributed by atoms with Gasteiger partial charge in [-0.1, -0.05) is 42.5 Å². The molecule has 6 aromatic carbocycles. The van der Waals surface area contributed by atoms with Crippen LogP contribution in [0.15, 0.2) is 183 Å². The van der Waals surface area contributed by atoms with Gasteiger partial charge in [-0.05, 0) is 109 Å². The number of aromatic nitrogens is 7. The first kappa shape index (κ1) is 30.4. The predicted octanol–water partition coefficient (Wildman–Crippen LogP) is 10.5. The van der Waals surface area contributed by atoms with Crippen molar-refractivity contribution in [3.63, 3.8) is 0 Å². The molecule has 10 rings (SSSR count). The number of benzene rings is 6. The summed E-state index contributed by atoms with van der Waals surface area (Å²) in [5.41, 5.74) is 10.6. The Morgan fingerprint density at radius 2 is 1.02 bits per heavy atom. The van der Waals surface area contributed by atoms with Gasteiger partial charge in [0, 0.05) is 74.3 Å². The molecule has 0 unspecified atom stereocenters. The highest BCUT2D eigenvalue weighted by Gasteiger charge is 2.20. The van der Waals surface area contributed by atoms with Gasteiger partial charge in [0.2, 0.25) is 0 Å². The zero-order valence-corrected chi connectivity index (χ0v) is 28.4. The van der Waals surface area contributed by atoms with Crippen LogP contribution in [0.3, 0.4) is 0 Å². The van der Waals surface area contributed by atoms with Crippen molar-refractivity contribution in [2.75, 3.05) is 4.90 Å². The molecule has 0 saturated carbocycles. The third-order valence-corrected chi connectivity index (χ3v) is 9.71. The van der Waals surface area contributed by atoms with Crippen LogP contribution in [-0.4, -0.2) is 34.1 Å². The molecular formula is C45H30N8. The van der Waals surface area contributed by atoms with Gasteiger partial charge in [-0.3, -0.25) is 0 Å². The summed E-state index contributed by atoms with van der Waals surface area (Å²) in [5.74, 6) is 1.32. The average Bonchev–Trinajstić information content (AvgIpc) is 3.82. The summed E-state index contributed by atoms with van der Waals surface area (Å²) in [6.07, 6.45) is 8.74. The van der Waals surface area contributed by atoms with Crippen molar-refractivity contribution in [3.8, 4) is 34.2 Å². The molecular weight excluding hydrogens is 653 g/mol. The fraction of sp³-hybridized carbons (Fsp3) is 0. The van der Waals surface area contributed by atoms with Crippen LogP contribution < -0.4 is 4.90 Å². The SMILES string of the molecule is c1ccc(-n2ccc3c2ccc2c4cc(N(c5ccc(-c6ncccn6)cc5)c5ccc(-c6ncncn6)cc5)ccc4n(-c4ccccc4)c23)cc1. The zero-order valence-electron chi connectivity index (χ0n) is 28.4. The number of hydrogen-bond donors (Lipinski definition) is 0. The first-order valence-electron chi connectivity index (χ1n) is 17.4. The lowest BCUT2D eigenvalue weighted by Gasteiger charge is -2.26. The number of para-hydroxylation sites is 2. The Labute approximate surface area is 305 Å². The summed E-state index contributed by atoms with van der Waals surface area (Å²) >= 11 is 0. The first-order chi connectivity index (χ1) is 26.3. The van der Waals surface area contributed by atoms with Crippen LogP contribution >= 0.6 is 0 Å². The van der Waals surface area contributed by atoms with Crippen molar-refractivity contribution in [2.24, 2.45) is 0 Å². The largest absolute Gasteiger partial charge is 0.316 e. The second-order valence-electron chi connectivity index (χ2n) is 12.8. The lowest BCUT2D eigenvalue weighted by Crippen LogP contribution is -2.10. The van der Waals surface area contributed by atoms with Gasteiger partial charge in [0.1, 0.15) is 12.7 Å². The summed E-state index contributed by atoms with van der Waals surface area (Å²) in [6, 6.07) is 53.2. The van der Waals surface area contributed by atoms with Gasteiger partial charge >= 0.3 is 0 Å². The molecule has 0 spiro atoms. The van der Waals surface area contributed by atoms with Crippen LogP contribution in [0, 0.1) is 0 Å². The summed E-state index contributed by atoms with van der Waals surface area (Å²) in [6.45, 7) is 0. The lowest BCUT2D eigenvalue weighted by molar-refractivity contribution is 1.06. The van der Waals surface area contributed by atoms with Crippen LogP contribution in [0.1, 0.15) is 0 Å². The van der Waals surface area contributed by atoms with E-state index < -0.39 is 0 Å². The monoisotopic (exact) mass is 682 g/mol. The van der Waals surface area contributed by atoms with E-state index >= 15 is 0 Å². The van der Waals surface area contributed by atoms with Gasteiger partial charge < -0.3 is 14.0 Å². The lowest BCUT2D eigenvalue weighted by atomic mass is 10.1. The predicted molar refractivity (Wildman–Crippen MR) is 212 cm³/mol. The minimum atomic E-state index is 0.632. The molecule has 0 aliphatic heterocycles. The topological polar surface area (TPSA) is 77.6 Å². The Kier molecular flexibility index (Phi) is 7.28. The molecule has 0 radical (unpaired) electrons. The second kappa shape index (κ2) is 12.7. The van der Waals surface area contributed by atoms with E-state index in [2.05, 4.69) is 191 Å². The molecule has 250 valence electrons. The molecule has 8 heteroatoms. The Balaban J connectivity index is 1.17. The third kappa shape index (κ3) is 5.28. The van der Waals surface area contributed by atoms with E-state index in [1.165, 1.54) is 28.9 Å². The van der Waals surface area contributed by atoms with Crippen LogP contribution in [-0.2, 0) is 0 Å². The van der Waals surface area contributed by atoms with Gasteiger partial charge in [0.25, 0.3) is 0 Å². The Bertz CT molecular complexity index is 2770. The fourth-order valence-electron chi connectivity index (χ4n) is 7.32. The Morgan fingerprint density at radius 1 is 0.434 bits per heavy atom. The van der Waals surface area contributed by atoms with Gasteiger partial charge in [0.15, 0.2) is 11.6 Å². The zero-order chi connectivity index (χ0) is 35.1. The van der Waals surface area contributed by atoms with E-state index in [0.29, 0.717) is 11.6 Å². The molecule has 53 heavy (non-hydrogen) atoms. The molecule has 0 fully saturated rings. The van der Waals surface area contributed by atoms with Crippen molar-refractivity contribution in [3.05, 3.63) is 183 Å². The van der Waals surface area contributed by atoms with E-state index in [-0.39, 0.29) is 0 Å². The standard InChI is InChI=1S/C45H30N8/c1-3-8-33(9-4-1)51-27-24-39-41(51)23-21-38-40-28-37(20-22-42(40)53(43(38)39)34-10-5-2-6-11-34)52(35-16-12-31(13-17-35)44-47-25-7-26-48-44)36-18-14-32(15-19-36)45-49-29-46-30-50-45/h1-30H. The minimum absolute atomic E-state index is 0.632. The molecule has 0 atom stereocenters. The van der Waals surface area contributed by atoms with Crippen molar-refractivity contribution >= 4 is 49.8 Å². The third-order valence-electron chi connectivity index (χ3n) is 9.71. The van der Waals surface area contributed by atoms with Gasteiger partial charge in [-0.25, -0.2) is 24.9 Å². The maximum absolute atomic E-state index is 4.46. The molecule has 0 aliphatic rings. The highest BCUT2D eigenvalue weighted by atomic mass is 15.1. The van der Waals surface area contributed by atoms with Crippen LogP contribution in [0.25, 0.3) is 66.9 Å². The molecule has 0 bridgehead atoms. The van der Waals surface area contributed by atoms with Gasteiger partial charge in [-0.2, -0.15) is 0 Å². The normalized spacial score (nSPS) is 11.4. The van der Waals surface area contributed by atoms with E-state index in [4.69, 9.17) is 0 Å². The summed E-state index contributed by atoms with van der Waals surface area (Å²) in [5, 5.41) is 3.54. The molecule has 0 N–H and O–H groups in total. The molecule has 4 heterocycles. The van der Waals surface area contributed by atoms with Crippen LogP contribution in [0.2, 0.25) is 0 Å². The van der Waals surface area contributed by atoms with E-state index in [1.807, 2.05) is 6.07 Å². The number of anilines is 3. The van der Waals surface area contributed by atoms with E-state index in [1.54, 1.807) is 12.4 Å². The average molecular weight is 683 g/mol. The number of hydrogen-bond acceptors (Lipinski definition) is 6. The minimum Gasteiger partial charge on any atom is -0.316 e. The molecule has 0 saturated heterocycles. The van der Waals surface area contributed by atoms with Gasteiger partial charge in [0.05, 0.1) is 16.6 Å². The van der Waals surface area contributed by atoms with Crippen molar-refractivity contribution in [1.82, 2.24) is 34.1 Å². The second-order valence-corrected chi connectivity index (χ2v) is 12.8. The molecule has 0 aliphatic carbocycles. The molecule has 10 aromatic rings. The maximum Gasteiger partial charge on any atom is 0.162 e. The molecule has 0 amide bonds. The van der Waals surface area contributed by atoms with Crippen molar-refractivity contribution in [1.29, 1.82) is 0 Å². The molecule has 4 aromatic heterocycles. The van der Waals surface area contributed by atoms with Crippen molar-refractivity contribution < 1.29 is 0 Å². The van der Waals surface area contributed by atoms with Gasteiger partial charge in [-0.15, -0.1) is 0 Å². The summed E-state index contributed by atoms with van der Waals surface area (Å²) in [4.78, 5) is 23.9. The van der Waals surface area contributed by atoms with E-state index in [0.717, 1.165) is 56.0 Å². The smallest absolute Gasteiger partial charge is 0.162 e. The fourth-order valence-corrected chi connectivity index (χ4v) is 7.32. The number of fused-ring (bicyclic) bond motifs is 5. The Hall–Kier alpha value is -7.45. The quantitative estimate of drug-likeness (QED) is 0.167. The summed E-state index contributed by atoms with van der Waals surface area (Å²) < 4.78 is 4.66. The highest BCUT2D eigenvalue weighted by molar-refractivity contribution is 6.19. The number of nitrogens with zero attached hydrogens (tertiary/aromatic N) is 8. The molecule has 8 nitrogen and oxygen atoms in total.